The lowest BCUT2D eigenvalue weighted by Gasteiger charge is -2.36. The molecule has 34 heavy (non-hydrogen) atoms. The maximum Gasteiger partial charge on any atom is 0.409 e. The third kappa shape index (κ3) is 6.13. The second-order valence-corrected chi connectivity index (χ2v) is 8.05. The molecule has 3 rings (SSSR count). The van der Waals surface area contributed by atoms with Crippen molar-refractivity contribution in [2.75, 3.05) is 46.4 Å². The van der Waals surface area contributed by atoms with Gasteiger partial charge in [-0.15, -0.1) is 0 Å². The van der Waals surface area contributed by atoms with Gasteiger partial charge in [0.15, 0.2) is 0 Å². The van der Waals surface area contributed by atoms with Crippen molar-refractivity contribution in [1.82, 2.24) is 20.1 Å². The molecule has 3 N–H and O–H groups in total. The Hall–Kier alpha value is -3.40. The van der Waals surface area contributed by atoms with Crippen molar-refractivity contribution in [2.24, 2.45) is 5.73 Å². The zero-order valence-corrected chi connectivity index (χ0v) is 19.8. The Kier molecular flexibility index (Phi) is 9.03. The van der Waals surface area contributed by atoms with E-state index in [-0.39, 0.29) is 17.7 Å². The number of hydrogen-bond acceptors (Lipinski definition) is 7. The van der Waals surface area contributed by atoms with E-state index in [2.05, 4.69) is 10.3 Å². The normalized spacial score (nSPS) is 14.6. The smallest absolute Gasteiger partial charge is 0.409 e. The van der Waals surface area contributed by atoms with Crippen LogP contribution < -0.4 is 15.8 Å². The lowest BCUT2D eigenvalue weighted by Crippen LogP contribution is -2.56. The van der Waals surface area contributed by atoms with Crippen molar-refractivity contribution in [2.45, 2.75) is 32.2 Å². The molecule has 1 aromatic carbocycles. The number of fused-ring (bicyclic) bond motifs is 1. The van der Waals surface area contributed by atoms with Crippen LogP contribution in [0, 0.1) is 0 Å². The van der Waals surface area contributed by atoms with E-state index < -0.39 is 11.9 Å². The van der Waals surface area contributed by atoms with Crippen LogP contribution in [0.4, 0.5) is 4.79 Å². The van der Waals surface area contributed by atoms with Crippen molar-refractivity contribution < 1.29 is 23.9 Å². The molecule has 0 unspecified atom stereocenters. The summed E-state index contributed by atoms with van der Waals surface area (Å²) in [6.07, 6.45) is 1.53. The highest BCUT2D eigenvalue weighted by atomic mass is 16.6. The molecule has 1 aliphatic rings. The van der Waals surface area contributed by atoms with E-state index in [1.165, 1.54) is 0 Å². The summed E-state index contributed by atoms with van der Waals surface area (Å²) in [4.78, 5) is 46.1. The number of pyridine rings is 1. The number of piperazine rings is 1. The van der Waals surface area contributed by atoms with Gasteiger partial charge in [-0.25, -0.2) is 9.78 Å². The number of benzene rings is 1. The molecular weight excluding hydrogens is 438 g/mol. The van der Waals surface area contributed by atoms with Gasteiger partial charge in [0, 0.05) is 37.6 Å². The van der Waals surface area contributed by atoms with Crippen molar-refractivity contribution in [1.29, 1.82) is 0 Å². The average molecular weight is 472 g/mol. The zero-order chi connectivity index (χ0) is 24.5. The van der Waals surface area contributed by atoms with Gasteiger partial charge in [0.25, 0.3) is 5.91 Å². The molecule has 0 bridgehead atoms. The Balaban J connectivity index is 1.72. The van der Waals surface area contributed by atoms with Gasteiger partial charge in [-0.05, 0) is 44.9 Å². The van der Waals surface area contributed by atoms with E-state index in [0.29, 0.717) is 63.4 Å². The van der Waals surface area contributed by atoms with Crippen molar-refractivity contribution in [3.8, 4) is 5.75 Å². The quantitative estimate of drug-likeness (QED) is 0.534. The molecule has 0 aliphatic carbocycles. The fourth-order valence-corrected chi connectivity index (χ4v) is 3.96. The number of amides is 3. The largest absolute Gasteiger partial charge is 0.496 e. The minimum absolute atomic E-state index is 0.179. The summed E-state index contributed by atoms with van der Waals surface area (Å²) < 4.78 is 10.5. The summed E-state index contributed by atoms with van der Waals surface area (Å²) in [6.45, 7) is 4.10. The second-order valence-electron chi connectivity index (χ2n) is 8.05. The van der Waals surface area contributed by atoms with E-state index >= 15 is 0 Å². The fraction of sp³-hybridized carbons (Fsp3) is 0.500. The standard InChI is InChI=1S/C24H33N5O5/c1-3-34-24(32)29-14-12-28(13-15-29)23(31)19(10-6-7-11-25)27-22(30)20-16-21(33-2)17-8-4-5-9-18(17)26-20/h4-5,8-9,16,19H,3,6-7,10-15,25H2,1-2H3,(H,27,30)/t19-/m0/s1. The van der Waals surface area contributed by atoms with E-state index in [0.717, 1.165) is 11.8 Å². The first-order valence-electron chi connectivity index (χ1n) is 11.6. The van der Waals surface area contributed by atoms with Crippen LogP contribution in [0.2, 0.25) is 0 Å². The minimum Gasteiger partial charge on any atom is -0.496 e. The van der Waals surface area contributed by atoms with Gasteiger partial charge in [-0.2, -0.15) is 0 Å². The van der Waals surface area contributed by atoms with E-state index in [1.807, 2.05) is 24.3 Å². The van der Waals surface area contributed by atoms with Crippen LogP contribution in [0.1, 0.15) is 36.7 Å². The third-order valence-electron chi connectivity index (χ3n) is 5.80. The number of rotatable bonds is 9. The van der Waals surface area contributed by atoms with E-state index in [4.69, 9.17) is 15.2 Å². The number of carbonyl (C=O) groups excluding carboxylic acids is 3. The van der Waals surface area contributed by atoms with Crippen LogP contribution in [0.3, 0.4) is 0 Å². The molecule has 0 radical (unpaired) electrons. The summed E-state index contributed by atoms with van der Waals surface area (Å²) >= 11 is 0. The number of ether oxygens (including phenoxy) is 2. The molecule has 2 aromatic rings. The molecule has 184 valence electrons. The molecule has 1 fully saturated rings. The molecule has 0 saturated carbocycles. The second kappa shape index (κ2) is 12.2. The van der Waals surface area contributed by atoms with E-state index in [1.54, 1.807) is 29.9 Å². The fourth-order valence-electron chi connectivity index (χ4n) is 3.96. The van der Waals surface area contributed by atoms with Gasteiger partial charge in [0.1, 0.15) is 17.5 Å². The Morgan fingerprint density at radius 2 is 1.82 bits per heavy atom. The predicted octanol–water partition coefficient (Wildman–Crippen LogP) is 1.77. The first kappa shape index (κ1) is 25.2. The number of nitrogens with two attached hydrogens (primary N) is 1. The summed E-state index contributed by atoms with van der Waals surface area (Å²) in [5, 5.41) is 3.67. The number of hydrogen-bond donors (Lipinski definition) is 2. The highest BCUT2D eigenvalue weighted by Gasteiger charge is 2.30. The van der Waals surface area contributed by atoms with Crippen LogP contribution in [-0.2, 0) is 9.53 Å². The molecule has 1 saturated heterocycles. The first-order chi connectivity index (χ1) is 16.5. The Labute approximate surface area is 199 Å². The number of nitrogens with zero attached hydrogens (tertiary/aromatic N) is 3. The van der Waals surface area contributed by atoms with Crippen LogP contribution in [0.25, 0.3) is 10.9 Å². The monoisotopic (exact) mass is 471 g/mol. The van der Waals surface area contributed by atoms with E-state index in [9.17, 15) is 14.4 Å². The number of para-hydroxylation sites is 1. The van der Waals surface area contributed by atoms with Crippen molar-refractivity contribution in [3.63, 3.8) is 0 Å². The number of aromatic nitrogens is 1. The Morgan fingerprint density at radius 1 is 1.12 bits per heavy atom. The van der Waals surface area contributed by atoms with Crippen molar-refractivity contribution in [3.05, 3.63) is 36.0 Å². The molecule has 10 nitrogen and oxygen atoms in total. The van der Waals surface area contributed by atoms with Crippen LogP contribution in [0.15, 0.2) is 30.3 Å². The Bertz CT molecular complexity index is 1010. The zero-order valence-electron chi connectivity index (χ0n) is 19.8. The highest BCUT2D eigenvalue weighted by molar-refractivity contribution is 5.99. The molecule has 1 aromatic heterocycles. The third-order valence-corrected chi connectivity index (χ3v) is 5.80. The molecular formula is C24H33N5O5. The topological polar surface area (TPSA) is 127 Å². The lowest BCUT2D eigenvalue weighted by molar-refractivity contribution is -0.135. The number of carbonyl (C=O) groups is 3. The van der Waals surface area contributed by atoms with Crippen LogP contribution in [0.5, 0.6) is 5.75 Å². The van der Waals surface area contributed by atoms with Gasteiger partial charge < -0.3 is 30.3 Å². The molecule has 1 aliphatic heterocycles. The molecule has 0 spiro atoms. The van der Waals surface area contributed by atoms with Gasteiger partial charge in [0.05, 0.1) is 19.2 Å². The maximum atomic E-state index is 13.3. The van der Waals surface area contributed by atoms with Crippen molar-refractivity contribution >= 4 is 28.8 Å². The van der Waals surface area contributed by atoms with Gasteiger partial charge in [-0.1, -0.05) is 12.1 Å². The summed E-state index contributed by atoms with van der Waals surface area (Å²) in [5.41, 5.74) is 6.44. The molecule has 3 amide bonds. The van der Waals surface area contributed by atoms with Gasteiger partial charge in [-0.3, -0.25) is 9.59 Å². The number of methoxy groups -OCH3 is 1. The summed E-state index contributed by atoms with van der Waals surface area (Å²) in [7, 11) is 1.54. The van der Waals surface area contributed by atoms with Crippen LogP contribution in [-0.4, -0.2) is 85.2 Å². The summed E-state index contributed by atoms with van der Waals surface area (Å²) in [6, 6.07) is 8.26. The number of nitrogens with one attached hydrogen (secondary N) is 1. The lowest BCUT2D eigenvalue weighted by atomic mass is 10.1. The predicted molar refractivity (Wildman–Crippen MR) is 128 cm³/mol. The molecule has 2 heterocycles. The average Bonchev–Trinajstić information content (AvgIpc) is 2.87. The minimum atomic E-state index is -0.715. The van der Waals surface area contributed by atoms with Gasteiger partial charge in [0.2, 0.25) is 5.91 Å². The molecule has 1 atom stereocenters. The number of unbranched alkanes of at least 4 members (excludes halogenated alkanes) is 1. The Morgan fingerprint density at radius 3 is 2.50 bits per heavy atom. The van der Waals surface area contributed by atoms with Crippen LogP contribution >= 0.6 is 0 Å². The first-order valence-corrected chi connectivity index (χ1v) is 11.6. The maximum absolute atomic E-state index is 13.3. The van der Waals surface area contributed by atoms with Gasteiger partial charge >= 0.3 is 6.09 Å². The SMILES string of the molecule is CCOC(=O)N1CCN(C(=O)[C@H](CCCCN)NC(=O)c2cc(OC)c3ccccc3n2)CC1. The highest BCUT2D eigenvalue weighted by Crippen LogP contribution is 2.25. The molecule has 10 heteroatoms. The summed E-state index contributed by atoms with van der Waals surface area (Å²) in [5.74, 6) is -0.0845.